The summed E-state index contributed by atoms with van der Waals surface area (Å²) in [6.45, 7) is 14.2. The summed E-state index contributed by atoms with van der Waals surface area (Å²) in [5.41, 5.74) is 8.06. The van der Waals surface area contributed by atoms with Crippen molar-refractivity contribution in [2.75, 3.05) is 0 Å². The second kappa shape index (κ2) is 9.92. The quantitative estimate of drug-likeness (QED) is 0.647. The third kappa shape index (κ3) is 7.27. The smallest absolute Gasteiger partial charge is 0.475 e. The Morgan fingerprint density at radius 2 is 1.32 bits per heavy atom. The van der Waals surface area contributed by atoms with Crippen LogP contribution >= 0.6 is 0 Å². The molecule has 1 saturated carbocycles. The van der Waals surface area contributed by atoms with E-state index in [9.17, 15) is 13.2 Å². The van der Waals surface area contributed by atoms with Gasteiger partial charge in [-0.25, -0.2) is 4.79 Å². The lowest BCUT2D eigenvalue weighted by atomic mass is 9.94. The van der Waals surface area contributed by atoms with E-state index >= 15 is 0 Å². The molecule has 8 heteroatoms. The standard InChI is InChI=1S/C15H33NOSi.C2HF3O2/c1-11(2)18(12(3)4,13(5)6)17-15-9-7-14(16)8-10-15;3-2(4,5)1(6)7/h11-15H,7-10,16H2,1-6H3;(H,6,7). The highest BCUT2D eigenvalue weighted by Crippen LogP contribution is 2.44. The van der Waals surface area contributed by atoms with Crippen molar-refractivity contribution in [2.24, 2.45) is 5.73 Å². The first-order chi connectivity index (χ1) is 11.2. The lowest BCUT2D eigenvalue weighted by Gasteiger charge is -2.45. The van der Waals surface area contributed by atoms with E-state index in [-0.39, 0.29) is 0 Å². The minimum absolute atomic E-state index is 0.415. The van der Waals surface area contributed by atoms with Crippen LogP contribution in [0.25, 0.3) is 0 Å². The highest BCUT2D eigenvalue weighted by atomic mass is 28.4. The fraction of sp³-hybridized carbons (Fsp3) is 0.941. The van der Waals surface area contributed by atoms with E-state index in [1.54, 1.807) is 0 Å². The summed E-state index contributed by atoms with van der Waals surface area (Å²) < 4.78 is 38.5. The molecular weight excluding hydrogens is 351 g/mol. The predicted octanol–water partition coefficient (Wildman–Crippen LogP) is 5.08. The van der Waals surface area contributed by atoms with Gasteiger partial charge in [0.25, 0.3) is 0 Å². The van der Waals surface area contributed by atoms with Crippen LogP contribution in [0.15, 0.2) is 0 Å². The molecule has 0 aromatic heterocycles. The summed E-state index contributed by atoms with van der Waals surface area (Å²) in [5, 5.41) is 7.12. The number of halogens is 3. The normalized spacial score (nSPS) is 22.1. The number of alkyl halides is 3. The van der Waals surface area contributed by atoms with Crippen molar-refractivity contribution in [3.05, 3.63) is 0 Å². The van der Waals surface area contributed by atoms with Crippen molar-refractivity contribution in [3.63, 3.8) is 0 Å². The fourth-order valence-corrected chi connectivity index (χ4v) is 9.53. The van der Waals surface area contributed by atoms with Gasteiger partial charge in [-0.15, -0.1) is 0 Å². The van der Waals surface area contributed by atoms with Crippen LogP contribution in [-0.4, -0.2) is 37.7 Å². The van der Waals surface area contributed by atoms with E-state index in [1.807, 2.05) is 0 Å². The highest BCUT2D eigenvalue weighted by Gasteiger charge is 2.46. The van der Waals surface area contributed by atoms with Crippen LogP contribution in [0.5, 0.6) is 0 Å². The van der Waals surface area contributed by atoms with Gasteiger partial charge in [-0.3, -0.25) is 0 Å². The van der Waals surface area contributed by atoms with Crippen LogP contribution in [0.3, 0.4) is 0 Å². The molecule has 25 heavy (non-hydrogen) atoms. The zero-order valence-corrected chi connectivity index (χ0v) is 17.2. The topological polar surface area (TPSA) is 72.5 Å². The highest BCUT2D eigenvalue weighted by molar-refractivity contribution is 6.77. The van der Waals surface area contributed by atoms with E-state index in [1.165, 1.54) is 12.8 Å². The molecule has 4 nitrogen and oxygen atoms in total. The molecule has 0 aliphatic heterocycles. The van der Waals surface area contributed by atoms with E-state index in [2.05, 4.69) is 41.5 Å². The molecule has 1 aliphatic rings. The van der Waals surface area contributed by atoms with E-state index in [4.69, 9.17) is 20.1 Å². The van der Waals surface area contributed by atoms with Crippen LogP contribution in [0.1, 0.15) is 67.2 Å². The summed E-state index contributed by atoms with van der Waals surface area (Å²) in [6, 6.07) is 0.415. The van der Waals surface area contributed by atoms with Crippen LogP contribution < -0.4 is 5.73 Å². The number of carboxylic acids is 1. The van der Waals surface area contributed by atoms with Gasteiger partial charge in [0.2, 0.25) is 8.32 Å². The lowest BCUT2D eigenvalue weighted by molar-refractivity contribution is -0.192. The largest absolute Gasteiger partial charge is 0.490 e. The summed E-state index contributed by atoms with van der Waals surface area (Å²) in [7, 11) is -1.68. The zero-order valence-electron chi connectivity index (χ0n) is 16.2. The molecule has 0 unspecified atom stereocenters. The van der Waals surface area contributed by atoms with Gasteiger partial charge >= 0.3 is 12.1 Å². The van der Waals surface area contributed by atoms with Crippen molar-refractivity contribution in [1.29, 1.82) is 0 Å². The average Bonchev–Trinajstić information content (AvgIpc) is 2.45. The molecule has 3 N–H and O–H groups in total. The number of nitrogens with two attached hydrogens (primary N) is 1. The SMILES string of the molecule is CC(C)[Si](OC1CCC(N)CC1)(C(C)C)C(C)C.O=C(O)C(F)(F)F. The number of carboxylic acid groups (broad SMARTS) is 1. The summed E-state index contributed by atoms with van der Waals surface area (Å²) in [4.78, 5) is 8.90. The summed E-state index contributed by atoms with van der Waals surface area (Å²) in [6.07, 6.45) is 0.0143. The van der Waals surface area contributed by atoms with Crippen molar-refractivity contribution in [3.8, 4) is 0 Å². The first-order valence-electron chi connectivity index (χ1n) is 8.98. The molecule has 150 valence electrons. The Balaban J connectivity index is 0.000000697. The predicted molar refractivity (Wildman–Crippen MR) is 96.1 cm³/mol. The van der Waals surface area contributed by atoms with Gasteiger partial charge < -0.3 is 15.3 Å². The molecule has 0 bridgehead atoms. The Labute approximate surface area is 150 Å². The van der Waals surface area contributed by atoms with Crippen molar-refractivity contribution < 1.29 is 27.5 Å². The molecule has 1 rings (SSSR count). The minimum atomic E-state index is -5.08. The molecule has 0 atom stereocenters. The third-order valence-corrected chi connectivity index (χ3v) is 11.2. The van der Waals surface area contributed by atoms with Gasteiger partial charge in [0.15, 0.2) is 0 Å². The maximum atomic E-state index is 10.6. The Morgan fingerprint density at radius 3 is 1.56 bits per heavy atom. The average molecular weight is 386 g/mol. The zero-order chi connectivity index (χ0) is 20.0. The molecule has 0 spiro atoms. The molecule has 0 amide bonds. The molecule has 1 aliphatic carbocycles. The van der Waals surface area contributed by atoms with Gasteiger partial charge in [0, 0.05) is 12.1 Å². The van der Waals surface area contributed by atoms with Gasteiger partial charge in [0.1, 0.15) is 0 Å². The van der Waals surface area contributed by atoms with E-state index in [0.717, 1.165) is 12.8 Å². The molecule has 0 saturated heterocycles. The van der Waals surface area contributed by atoms with E-state index < -0.39 is 20.5 Å². The van der Waals surface area contributed by atoms with Crippen LogP contribution in [-0.2, 0) is 9.22 Å². The summed E-state index contributed by atoms with van der Waals surface area (Å²) in [5.74, 6) is -2.76. The Bertz CT molecular complexity index is 385. The number of hydrogen-bond donors (Lipinski definition) is 2. The summed E-state index contributed by atoms with van der Waals surface area (Å²) >= 11 is 0. The maximum absolute atomic E-state index is 10.6. The monoisotopic (exact) mass is 385 g/mol. The maximum Gasteiger partial charge on any atom is 0.490 e. The van der Waals surface area contributed by atoms with Gasteiger partial charge in [-0.05, 0) is 42.3 Å². The molecular formula is C17H34F3NO3Si. The van der Waals surface area contributed by atoms with Gasteiger partial charge in [-0.2, -0.15) is 13.2 Å². The molecule has 1 fully saturated rings. The van der Waals surface area contributed by atoms with Crippen LogP contribution in [0.2, 0.25) is 16.6 Å². The van der Waals surface area contributed by atoms with Crippen LogP contribution in [0.4, 0.5) is 13.2 Å². The number of carbonyl (C=O) groups is 1. The van der Waals surface area contributed by atoms with Gasteiger partial charge in [0.05, 0.1) is 0 Å². The first kappa shape index (κ1) is 24.4. The fourth-order valence-electron chi connectivity index (χ4n) is 3.90. The Morgan fingerprint density at radius 1 is 1.00 bits per heavy atom. The third-order valence-electron chi connectivity index (χ3n) is 5.04. The minimum Gasteiger partial charge on any atom is -0.475 e. The Hall–Kier alpha value is -0.603. The Kier molecular flexibility index (Phi) is 9.68. The lowest BCUT2D eigenvalue weighted by Crippen LogP contribution is -2.51. The van der Waals surface area contributed by atoms with Crippen LogP contribution in [0, 0.1) is 0 Å². The number of aliphatic carboxylic acids is 1. The number of rotatable bonds is 5. The molecule has 0 radical (unpaired) electrons. The molecule has 0 heterocycles. The first-order valence-corrected chi connectivity index (χ1v) is 11.1. The number of hydrogen-bond acceptors (Lipinski definition) is 3. The van der Waals surface area contributed by atoms with Gasteiger partial charge in [-0.1, -0.05) is 41.5 Å². The molecule has 0 aromatic rings. The second-order valence-electron chi connectivity index (χ2n) is 7.78. The second-order valence-corrected chi connectivity index (χ2v) is 13.2. The van der Waals surface area contributed by atoms with Crippen molar-refractivity contribution in [2.45, 2.75) is 102 Å². The van der Waals surface area contributed by atoms with E-state index in [0.29, 0.717) is 28.8 Å². The van der Waals surface area contributed by atoms with Crippen molar-refractivity contribution in [1.82, 2.24) is 0 Å². The molecule has 0 aromatic carbocycles. The van der Waals surface area contributed by atoms with Crippen molar-refractivity contribution >= 4 is 14.3 Å².